The van der Waals surface area contributed by atoms with Crippen LogP contribution >= 0.6 is 23.2 Å². The quantitative estimate of drug-likeness (QED) is 0.262. The van der Waals surface area contributed by atoms with Gasteiger partial charge in [-0.2, -0.15) is 5.26 Å². The van der Waals surface area contributed by atoms with E-state index < -0.39 is 39.9 Å². The Labute approximate surface area is 267 Å². The van der Waals surface area contributed by atoms with E-state index in [1.807, 2.05) is 30.3 Å². The Bertz CT molecular complexity index is 1720. The number of halogens is 2. The molecule has 0 bridgehead atoms. The van der Waals surface area contributed by atoms with Crippen molar-refractivity contribution in [2.75, 3.05) is 17.1 Å². The summed E-state index contributed by atoms with van der Waals surface area (Å²) in [6, 6.07) is 21.9. The van der Waals surface area contributed by atoms with E-state index in [-0.39, 0.29) is 42.0 Å². The molecule has 5 rings (SSSR count). The summed E-state index contributed by atoms with van der Waals surface area (Å²) in [4.78, 5) is 28.6. The maximum Gasteiger partial charge on any atom is 0.304 e. The van der Waals surface area contributed by atoms with E-state index >= 15 is 0 Å². The minimum Gasteiger partial charge on any atom is -0.481 e. The molecule has 0 radical (unpaired) electrons. The number of sulfonamides is 1. The topological polar surface area (TPSA) is 119 Å². The number of carboxylic acid groups (broad SMARTS) is 1. The summed E-state index contributed by atoms with van der Waals surface area (Å²) in [5.41, 5.74) is 0.777. The summed E-state index contributed by atoms with van der Waals surface area (Å²) >= 11 is 12.7. The van der Waals surface area contributed by atoms with Gasteiger partial charge in [0.1, 0.15) is 6.07 Å². The Kier molecular flexibility index (Phi) is 8.99. The van der Waals surface area contributed by atoms with Gasteiger partial charge < -0.3 is 10.0 Å². The largest absolute Gasteiger partial charge is 0.481 e. The fraction of sp³-hybridized carbons (Fsp3) is 0.364. The number of hydrogen-bond donors (Lipinski definition) is 1. The Morgan fingerprint density at radius 2 is 1.75 bits per heavy atom. The Balaban J connectivity index is 1.72. The molecule has 1 N–H and O–H groups in total. The SMILES string of the molecule is C[C@]1(CC(=O)O)C[C@H](c2cccc(Cl)c2)[C@@H](c2ccc(Cl)cc2)N([C@H](CN(c2ccccc2C#N)S(C)(=O)=O)C2CC2)C1=O. The number of anilines is 1. The lowest BCUT2D eigenvalue weighted by molar-refractivity contribution is -0.160. The average molecular weight is 655 g/mol. The van der Waals surface area contributed by atoms with Crippen LogP contribution in [0.1, 0.15) is 61.3 Å². The molecule has 4 atom stereocenters. The number of para-hydroxylation sites is 1. The molecule has 2 fully saturated rings. The number of nitriles is 1. The van der Waals surface area contributed by atoms with Gasteiger partial charge in [-0.15, -0.1) is 0 Å². The van der Waals surface area contributed by atoms with Crippen LogP contribution in [0.15, 0.2) is 72.8 Å². The van der Waals surface area contributed by atoms with Crippen molar-refractivity contribution in [2.24, 2.45) is 11.3 Å². The molecule has 1 saturated carbocycles. The minimum absolute atomic E-state index is 0.0283. The van der Waals surface area contributed by atoms with E-state index in [0.29, 0.717) is 10.0 Å². The molecule has 11 heteroatoms. The van der Waals surface area contributed by atoms with Crippen molar-refractivity contribution in [1.29, 1.82) is 5.26 Å². The van der Waals surface area contributed by atoms with Crippen LogP contribution in [-0.2, 0) is 19.6 Å². The maximum atomic E-state index is 14.7. The normalized spacial score (nSPS) is 22.7. The highest BCUT2D eigenvalue weighted by Crippen LogP contribution is 2.54. The van der Waals surface area contributed by atoms with Crippen molar-refractivity contribution < 1.29 is 23.1 Å². The first kappa shape index (κ1) is 31.8. The van der Waals surface area contributed by atoms with Gasteiger partial charge in [0, 0.05) is 16.0 Å². The number of rotatable bonds is 10. The Morgan fingerprint density at radius 3 is 2.34 bits per heavy atom. The first-order valence-corrected chi connectivity index (χ1v) is 16.9. The number of benzene rings is 3. The van der Waals surface area contributed by atoms with E-state index in [4.69, 9.17) is 23.2 Å². The highest BCUT2D eigenvalue weighted by molar-refractivity contribution is 7.92. The van der Waals surface area contributed by atoms with Gasteiger partial charge in [-0.05, 0) is 72.7 Å². The zero-order chi connectivity index (χ0) is 31.8. The number of likely N-dealkylation sites (tertiary alicyclic amines) is 1. The van der Waals surface area contributed by atoms with Crippen LogP contribution in [0.5, 0.6) is 0 Å². The monoisotopic (exact) mass is 653 g/mol. The summed E-state index contributed by atoms with van der Waals surface area (Å²) in [6.07, 6.45) is 2.49. The number of amides is 1. The van der Waals surface area contributed by atoms with Gasteiger partial charge in [0.05, 0.1) is 48.0 Å². The van der Waals surface area contributed by atoms with Gasteiger partial charge in [0.25, 0.3) is 0 Å². The third-order valence-electron chi connectivity index (χ3n) is 8.70. The van der Waals surface area contributed by atoms with Gasteiger partial charge in [0.2, 0.25) is 15.9 Å². The Morgan fingerprint density at radius 1 is 1.07 bits per heavy atom. The van der Waals surface area contributed by atoms with Crippen LogP contribution in [0.25, 0.3) is 0 Å². The fourth-order valence-electron chi connectivity index (χ4n) is 6.56. The third kappa shape index (κ3) is 6.58. The van der Waals surface area contributed by atoms with Gasteiger partial charge in [-0.3, -0.25) is 13.9 Å². The highest BCUT2D eigenvalue weighted by atomic mass is 35.5. The molecule has 3 aromatic rings. The molecular formula is C33H33Cl2N3O5S. The summed E-state index contributed by atoms with van der Waals surface area (Å²) in [5, 5.41) is 20.8. The van der Waals surface area contributed by atoms with E-state index in [2.05, 4.69) is 6.07 Å². The van der Waals surface area contributed by atoms with Crippen LogP contribution in [0.2, 0.25) is 10.0 Å². The second-order valence-corrected chi connectivity index (χ2v) is 14.8. The minimum atomic E-state index is -3.90. The molecule has 1 aliphatic heterocycles. The lowest BCUT2D eigenvalue weighted by Crippen LogP contribution is -2.59. The molecule has 1 amide bonds. The predicted octanol–water partition coefficient (Wildman–Crippen LogP) is 6.65. The van der Waals surface area contributed by atoms with Crippen LogP contribution in [-0.4, -0.2) is 49.1 Å². The molecule has 0 unspecified atom stereocenters. The first-order chi connectivity index (χ1) is 20.8. The molecule has 44 heavy (non-hydrogen) atoms. The third-order valence-corrected chi connectivity index (χ3v) is 10.3. The highest BCUT2D eigenvalue weighted by Gasteiger charge is 2.55. The van der Waals surface area contributed by atoms with Crippen molar-refractivity contribution >= 4 is 50.8 Å². The lowest BCUT2D eigenvalue weighted by atomic mass is 9.67. The predicted molar refractivity (Wildman–Crippen MR) is 170 cm³/mol. The summed E-state index contributed by atoms with van der Waals surface area (Å²) in [6.45, 7) is 1.58. The van der Waals surface area contributed by atoms with Crippen molar-refractivity contribution in [3.63, 3.8) is 0 Å². The van der Waals surface area contributed by atoms with Crippen LogP contribution in [0.3, 0.4) is 0 Å². The molecule has 3 aromatic carbocycles. The Hall–Kier alpha value is -3.58. The van der Waals surface area contributed by atoms with Gasteiger partial charge in [-0.1, -0.05) is 66.5 Å². The summed E-state index contributed by atoms with van der Waals surface area (Å²) in [5.74, 6) is -1.84. The zero-order valence-electron chi connectivity index (χ0n) is 24.4. The molecule has 230 valence electrons. The van der Waals surface area contributed by atoms with E-state index in [1.54, 1.807) is 54.3 Å². The summed E-state index contributed by atoms with van der Waals surface area (Å²) < 4.78 is 27.9. The zero-order valence-corrected chi connectivity index (χ0v) is 26.7. The fourth-order valence-corrected chi connectivity index (χ4v) is 7.82. The van der Waals surface area contributed by atoms with Crippen molar-refractivity contribution in [2.45, 2.75) is 50.6 Å². The van der Waals surface area contributed by atoms with Crippen molar-refractivity contribution in [3.8, 4) is 6.07 Å². The first-order valence-electron chi connectivity index (χ1n) is 14.3. The van der Waals surface area contributed by atoms with E-state index in [0.717, 1.165) is 30.2 Å². The number of hydrogen-bond acceptors (Lipinski definition) is 5. The van der Waals surface area contributed by atoms with Crippen LogP contribution < -0.4 is 4.31 Å². The van der Waals surface area contributed by atoms with Crippen molar-refractivity contribution in [3.05, 3.63) is 99.5 Å². The number of piperidine rings is 1. The molecule has 1 heterocycles. The number of aliphatic carboxylic acids is 1. The smallest absolute Gasteiger partial charge is 0.304 e. The van der Waals surface area contributed by atoms with Gasteiger partial charge >= 0.3 is 5.97 Å². The molecule has 1 saturated heterocycles. The van der Waals surface area contributed by atoms with E-state index in [1.165, 1.54) is 4.31 Å². The molecular weight excluding hydrogens is 621 g/mol. The second-order valence-electron chi connectivity index (χ2n) is 12.0. The van der Waals surface area contributed by atoms with E-state index in [9.17, 15) is 28.4 Å². The number of carbonyl (C=O) groups excluding carboxylic acids is 1. The number of nitrogens with zero attached hydrogens (tertiary/aromatic N) is 3. The van der Waals surface area contributed by atoms with Crippen molar-refractivity contribution in [1.82, 2.24) is 4.90 Å². The van der Waals surface area contributed by atoms with Crippen LogP contribution in [0, 0.1) is 22.7 Å². The standard InChI is InChI=1S/C33H33Cl2N3O5S/c1-33(18-30(39)40)17-27(23-7-5-8-26(35)16-23)31(22-12-14-25(34)15-13-22)38(32(33)41)29(21-10-11-21)20-37(44(2,42)43)28-9-4-3-6-24(28)19-36/h3-9,12-16,21,27,29,31H,10-11,17-18,20H2,1-2H3,(H,39,40)/t27-,29-,31-,33-/m1/s1. The van der Waals surface area contributed by atoms with Crippen LogP contribution in [0.4, 0.5) is 5.69 Å². The second kappa shape index (κ2) is 12.4. The number of carbonyl (C=O) groups is 2. The maximum absolute atomic E-state index is 14.7. The number of carboxylic acids is 1. The van der Waals surface area contributed by atoms with Gasteiger partial charge in [-0.25, -0.2) is 8.42 Å². The lowest BCUT2D eigenvalue weighted by Gasteiger charge is -2.52. The molecule has 2 aliphatic rings. The molecule has 1 aliphatic carbocycles. The summed E-state index contributed by atoms with van der Waals surface area (Å²) in [7, 11) is -3.90. The van der Waals surface area contributed by atoms with Gasteiger partial charge in [0.15, 0.2) is 0 Å². The molecule has 0 spiro atoms. The molecule has 8 nitrogen and oxygen atoms in total. The molecule has 0 aromatic heterocycles. The average Bonchev–Trinajstić information content (AvgIpc) is 3.80.